The topological polar surface area (TPSA) is 108 Å². The van der Waals surface area contributed by atoms with E-state index in [1.807, 2.05) is 23.1 Å². The summed E-state index contributed by atoms with van der Waals surface area (Å²) in [6.07, 6.45) is 8.42. The van der Waals surface area contributed by atoms with Crippen LogP contribution >= 0.6 is 0 Å². The number of benzene rings is 1. The zero-order valence-corrected chi connectivity index (χ0v) is 24.0. The van der Waals surface area contributed by atoms with Gasteiger partial charge in [-0.2, -0.15) is 0 Å². The number of unbranched alkanes of at least 4 members (excludes halogenated alkanes) is 2. The van der Waals surface area contributed by atoms with E-state index in [4.69, 9.17) is 9.47 Å². The van der Waals surface area contributed by atoms with Gasteiger partial charge in [0, 0.05) is 50.4 Å². The maximum Gasteiger partial charge on any atom is 0.308 e. The quantitative estimate of drug-likeness (QED) is 0.333. The highest BCUT2D eigenvalue weighted by Gasteiger charge is 2.47. The monoisotopic (exact) mass is 553 g/mol. The van der Waals surface area contributed by atoms with Gasteiger partial charge < -0.3 is 24.4 Å². The summed E-state index contributed by atoms with van der Waals surface area (Å²) in [6.45, 7) is 5.40. The van der Waals surface area contributed by atoms with E-state index < -0.39 is 11.9 Å². The molecule has 0 saturated carbocycles. The van der Waals surface area contributed by atoms with Gasteiger partial charge in [-0.05, 0) is 70.1 Å². The van der Waals surface area contributed by atoms with Crippen LogP contribution in [0.5, 0.6) is 11.5 Å². The first kappa shape index (κ1) is 29.7. The summed E-state index contributed by atoms with van der Waals surface area (Å²) in [4.78, 5) is 41.4. The molecular weight excluding hydrogens is 510 g/mol. The van der Waals surface area contributed by atoms with E-state index in [0.29, 0.717) is 36.7 Å². The Morgan fingerprint density at radius 2 is 1.77 bits per heavy atom. The predicted octanol–water partition coefficient (Wildman–Crippen LogP) is 3.28. The fraction of sp³-hybridized carbons (Fsp3) is 0.600. The molecule has 40 heavy (non-hydrogen) atoms. The Bertz CT molecular complexity index is 1110. The zero-order chi connectivity index (χ0) is 28.5. The molecular formula is C30H43N5O5. The molecule has 1 aromatic carbocycles. The maximum atomic E-state index is 13.7. The van der Waals surface area contributed by atoms with Crippen LogP contribution in [0.4, 0.5) is 0 Å². The third kappa shape index (κ3) is 7.69. The molecule has 10 heteroatoms. The summed E-state index contributed by atoms with van der Waals surface area (Å²) < 4.78 is 11.1. The van der Waals surface area contributed by atoms with Crippen molar-refractivity contribution in [3.05, 3.63) is 48.0 Å². The van der Waals surface area contributed by atoms with Gasteiger partial charge in [-0.1, -0.05) is 19.4 Å². The Morgan fingerprint density at radius 3 is 2.50 bits per heavy atom. The number of aryl methyl sites for hydroxylation is 1. The van der Waals surface area contributed by atoms with Crippen LogP contribution in [0.15, 0.2) is 36.7 Å². The van der Waals surface area contributed by atoms with Gasteiger partial charge >= 0.3 is 5.97 Å². The normalized spacial score (nSPS) is 20.2. The van der Waals surface area contributed by atoms with Crippen LogP contribution in [-0.2, 0) is 16.0 Å². The van der Waals surface area contributed by atoms with Crippen molar-refractivity contribution in [1.29, 1.82) is 0 Å². The lowest BCUT2D eigenvalue weighted by atomic mass is 9.83. The average molecular weight is 554 g/mol. The molecule has 1 fully saturated rings. The van der Waals surface area contributed by atoms with Gasteiger partial charge in [0.25, 0.3) is 0 Å². The number of rotatable bonds is 15. The zero-order valence-electron chi connectivity index (χ0n) is 24.0. The van der Waals surface area contributed by atoms with Crippen LogP contribution in [0, 0.1) is 5.92 Å². The van der Waals surface area contributed by atoms with E-state index in [2.05, 4.69) is 40.8 Å². The first-order chi connectivity index (χ1) is 19.4. The van der Waals surface area contributed by atoms with Crippen LogP contribution in [0.2, 0.25) is 0 Å². The first-order valence-corrected chi connectivity index (χ1v) is 14.4. The van der Waals surface area contributed by atoms with Gasteiger partial charge in [0.1, 0.15) is 5.82 Å². The predicted molar refractivity (Wildman–Crippen MR) is 151 cm³/mol. The van der Waals surface area contributed by atoms with Crippen LogP contribution in [-0.4, -0.2) is 101 Å². The number of aliphatic carboxylic acids is 1. The van der Waals surface area contributed by atoms with Crippen molar-refractivity contribution in [1.82, 2.24) is 24.7 Å². The Kier molecular flexibility index (Phi) is 10.7. The molecule has 2 aliphatic heterocycles. The lowest BCUT2D eigenvalue weighted by Gasteiger charge is -2.30. The number of carbonyl (C=O) groups is 2. The van der Waals surface area contributed by atoms with Crippen molar-refractivity contribution in [2.75, 3.05) is 53.6 Å². The van der Waals surface area contributed by atoms with Gasteiger partial charge in [0.05, 0.1) is 12.5 Å². The van der Waals surface area contributed by atoms with Gasteiger partial charge in [0.2, 0.25) is 12.7 Å². The second-order valence-electron chi connectivity index (χ2n) is 11.0. The second-order valence-corrected chi connectivity index (χ2v) is 11.0. The van der Waals surface area contributed by atoms with Crippen molar-refractivity contribution < 1.29 is 24.2 Å². The van der Waals surface area contributed by atoms with E-state index in [-0.39, 0.29) is 31.2 Å². The van der Waals surface area contributed by atoms with Gasteiger partial charge in [-0.3, -0.25) is 14.5 Å². The number of carboxylic acids is 1. The highest BCUT2D eigenvalue weighted by Crippen LogP contribution is 2.42. The molecule has 1 amide bonds. The molecule has 0 aliphatic carbocycles. The van der Waals surface area contributed by atoms with E-state index in [9.17, 15) is 14.7 Å². The highest BCUT2D eigenvalue weighted by atomic mass is 16.7. The summed E-state index contributed by atoms with van der Waals surface area (Å²) in [5.41, 5.74) is 0.888. The fourth-order valence-electron chi connectivity index (χ4n) is 5.78. The molecule has 218 valence electrons. The number of carbonyl (C=O) groups excluding carboxylic acids is 1. The third-order valence-corrected chi connectivity index (χ3v) is 7.90. The minimum absolute atomic E-state index is 0.0646. The number of nitrogens with zero attached hydrogens (tertiary/aromatic N) is 5. The lowest BCUT2D eigenvalue weighted by Crippen LogP contribution is -2.45. The summed E-state index contributed by atoms with van der Waals surface area (Å²) in [5, 5.41) is 10.5. The fourth-order valence-corrected chi connectivity index (χ4v) is 5.78. The largest absolute Gasteiger partial charge is 0.481 e. The second kappa shape index (κ2) is 14.4. The number of aromatic nitrogens is 2. The number of hydrogen-bond donors (Lipinski definition) is 1. The summed E-state index contributed by atoms with van der Waals surface area (Å²) >= 11 is 0. The Labute approximate surface area is 237 Å². The van der Waals surface area contributed by atoms with E-state index >= 15 is 0 Å². The Balaban J connectivity index is 1.54. The number of likely N-dealkylation sites (tertiary alicyclic amines) is 1. The van der Waals surface area contributed by atoms with Crippen LogP contribution in [0.1, 0.15) is 56.3 Å². The molecule has 3 atom stereocenters. The number of hydrogen-bond acceptors (Lipinski definition) is 8. The van der Waals surface area contributed by atoms with Gasteiger partial charge in [-0.15, -0.1) is 0 Å². The molecule has 1 saturated heterocycles. The van der Waals surface area contributed by atoms with E-state index in [1.54, 1.807) is 18.5 Å². The molecule has 1 N–H and O–H groups in total. The minimum atomic E-state index is -0.858. The molecule has 4 rings (SSSR count). The minimum Gasteiger partial charge on any atom is -0.481 e. The molecule has 0 radical (unpaired) electrons. The van der Waals surface area contributed by atoms with Crippen molar-refractivity contribution >= 4 is 11.9 Å². The molecule has 2 aliphatic rings. The molecule has 0 bridgehead atoms. The van der Waals surface area contributed by atoms with Gasteiger partial charge in [0.15, 0.2) is 11.5 Å². The van der Waals surface area contributed by atoms with Crippen molar-refractivity contribution in [3.8, 4) is 11.5 Å². The summed E-state index contributed by atoms with van der Waals surface area (Å²) in [6, 6.07) is 7.10. The van der Waals surface area contributed by atoms with Gasteiger partial charge in [-0.25, -0.2) is 9.97 Å². The molecule has 1 unspecified atom stereocenters. The SMILES string of the molecule is CCCCN(CCCCN(C)C)C(=O)CN1C[C@H](c2ccc3c(c2)OCO3)C(C(=O)O)[C@@H]1CCc1ncccn1. The molecule has 0 spiro atoms. The first-order valence-electron chi connectivity index (χ1n) is 14.4. The maximum absolute atomic E-state index is 13.7. The molecule has 1 aromatic heterocycles. The smallest absolute Gasteiger partial charge is 0.308 e. The summed E-state index contributed by atoms with van der Waals surface area (Å²) in [5.74, 6) is 0.215. The lowest BCUT2D eigenvalue weighted by molar-refractivity contribution is -0.143. The number of fused-ring (bicyclic) bond motifs is 1. The molecule has 2 aromatic rings. The summed E-state index contributed by atoms with van der Waals surface area (Å²) in [7, 11) is 4.12. The van der Waals surface area contributed by atoms with Crippen molar-refractivity contribution in [3.63, 3.8) is 0 Å². The number of carboxylic acid groups (broad SMARTS) is 1. The third-order valence-electron chi connectivity index (χ3n) is 7.90. The van der Waals surface area contributed by atoms with Crippen molar-refractivity contribution in [2.45, 2.75) is 57.4 Å². The Hall–Kier alpha value is -3.24. The standard InChI is InChI=1S/C30H43N5O5/c1-4-5-16-34(17-7-6-15-33(2)3)28(36)20-35-19-23(22-9-11-25-26(18-22)40-21-39-25)29(30(37)38)24(35)10-12-27-31-13-8-14-32-27/h8-9,11,13-14,18,23-24,29H,4-7,10,12,15-17,19-21H2,1-3H3,(H,37,38)/t23-,24+,29?/m1/s1. The average Bonchev–Trinajstić information content (AvgIpc) is 3.56. The number of ether oxygens (including phenoxy) is 2. The van der Waals surface area contributed by atoms with Crippen LogP contribution in [0.25, 0.3) is 0 Å². The van der Waals surface area contributed by atoms with E-state index in [0.717, 1.165) is 50.9 Å². The van der Waals surface area contributed by atoms with E-state index in [1.165, 1.54) is 0 Å². The number of amides is 1. The van der Waals surface area contributed by atoms with Crippen LogP contribution < -0.4 is 9.47 Å². The van der Waals surface area contributed by atoms with Crippen molar-refractivity contribution in [2.24, 2.45) is 5.92 Å². The van der Waals surface area contributed by atoms with Crippen LogP contribution in [0.3, 0.4) is 0 Å². The highest BCUT2D eigenvalue weighted by molar-refractivity contribution is 5.79. The molecule has 3 heterocycles. The molecule has 10 nitrogen and oxygen atoms in total. The Morgan fingerprint density at radius 1 is 1.05 bits per heavy atom.